The molecule has 1 amide bonds. The predicted octanol–water partition coefficient (Wildman–Crippen LogP) is 3.17. The van der Waals surface area contributed by atoms with E-state index in [0.29, 0.717) is 6.42 Å². The number of phenols is 2. The Bertz CT molecular complexity index is 699. The molecule has 0 unspecified atom stereocenters. The van der Waals surface area contributed by atoms with E-state index < -0.39 is 11.7 Å². The molecule has 3 N–H and O–H groups in total. The Morgan fingerprint density at radius 1 is 1.27 bits per heavy atom. The van der Waals surface area contributed by atoms with Crippen LogP contribution < -0.4 is 5.32 Å². The molecule has 2 aromatic rings. The van der Waals surface area contributed by atoms with E-state index in [4.69, 9.17) is 11.6 Å². The van der Waals surface area contributed by atoms with Crippen LogP contribution in [0, 0.1) is 12.7 Å². The lowest BCUT2D eigenvalue weighted by atomic mass is 10.0. The third kappa shape index (κ3) is 3.49. The monoisotopic (exact) mass is 323 g/mol. The van der Waals surface area contributed by atoms with Crippen LogP contribution in [0.4, 0.5) is 4.39 Å². The molecule has 0 heterocycles. The van der Waals surface area contributed by atoms with E-state index in [9.17, 15) is 19.4 Å². The van der Waals surface area contributed by atoms with Crippen LogP contribution in [0.2, 0.25) is 5.02 Å². The summed E-state index contributed by atoms with van der Waals surface area (Å²) >= 11 is 5.82. The Balaban J connectivity index is 2.02. The number of rotatable bonds is 4. The van der Waals surface area contributed by atoms with Gasteiger partial charge in [-0.05, 0) is 48.7 Å². The van der Waals surface area contributed by atoms with Gasteiger partial charge in [-0.1, -0.05) is 17.7 Å². The molecule has 2 aromatic carbocycles. The first-order valence-electron chi connectivity index (χ1n) is 6.64. The van der Waals surface area contributed by atoms with Gasteiger partial charge in [0.05, 0.1) is 10.6 Å². The Hall–Kier alpha value is -2.27. The number of nitrogens with one attached hydrogen (secondary N) is 1. The van der Waals surface area contributed by atoms with Crippen LogP contribution in [0.1, 0.15) is 21.5 Å². The molecule has 0 atom stereocenters. The normalized spacial score (nSPS) is 10.5. The maximum absolute atomic E-state index is 13.6. The third-order valence-electron chi connectivity index (χ3n) is 3.30. The quantitative estimate of drug-likeness (QED) is 0.757. The van der Waals surface area contributed by atoms with Gasteiger partial charge in [-0.25, -0.2) is 4.39 Å². The highest BCUT2D eigenvalue weighted by atomic mass is 35.5. The number of benzene rings is 2. The Morgan fingerprint density at radius 3 is 2.64 bits per heavy atom. The van der Waals surface area contributed by atoms with E-state index in [1.165, 1.54) is 30.3 Å². The van der Waals surface area contributed by atoms with Crippen LogP contribution in [-0.2, 0) is 6.42 Å². The second-order valence-electron chi connectivity index (χ2n) is 4.87. The fraction of sp³-hybridized carbons (Fsp3) is 0.188. The lowest BCUT2D eigenvalue weighted by Crippen LogP contribution is -2.27. The SMILES string of the molecule is Cc1cc(O)c(O)cc1CCNC(=O)c1c(F)cccc1Cl. The second kappa shape index (κ2) is 6.66. The van der Waals surface area contributed by atoms with Gasteiger partial charge < -0.3 is 15.5 Å². The maximum atomic E-state index is 13.6. The Labute approximate surface area is 132 Å². The first kappa shape index (κ1) is 16.1. The van der Waals surface area contributed by atoms with Crippen molar-refractivity contribution in [2.24, 2.45) is 0 Å². The van der Waals surface area contributed by atoms with Crippen molar-refractivity contribution in [2.45, 2.75) is 13.3 Å². The third-order valence-corrected chi connectivity index (χ3v) is 3.62. The fourth-order valence-electron chi connectivity index (χ4n) is 2.11. The molecular weight excluding hydrogens is 309 g/mol. The summed E-state index contributed by atoms with van der Waals surface area (Å²) in [6, 6.07) is 6.93. The van der Waals surface area contributed by atoms with Crippen molar-refractivity contribution in [2.75, 3.05) is 6.54 Å². The molecule has 0 bridgehead atoms. The number of hydrogen-bond acceptors (Lipinski definition) is 3. The smallest absolute Gasteiger partial charge is 0.255 e. The molecule has 4 nitrogen and oxygen atoms in total. The summed E-state index contributed by atoms with van der Waals surface area (Å²) in [5, 5.41) is 21.5. The van der Waals surface area contributed by atoms with Gasteiger partial charge in [0.25, 0.3) is 5.91 Å². The van der Waals surface area contributed by atoms with E-state index in [1.807, 2.05) is 0 Å². The molecule has 0 spiro atoms. The lowest BCUT2D eigenvalue weighted by molar-refractivity contribution is 0.0950. The molecule has 6 heteroatoms. The van der Waals surface area contributed by atoms with Gasteiger partial charge in [0.2, 0.25) is 0 Å². The summed E-state index contributed by atoms with van der Waals surface area (Å²) in [7, 11) is 0. The minimum Gasteiger partial charge on any atom is -0.504 e. The average Bonchev–Trinajstić information content (AvgIpc) is 2.44. The van der Waals surface area contributed by atoms with Crippen molar-refractivity contribution in [1.29, 1.82) is 0 Å². The molecule has 0 aliphatic rings. The maximum Gasteiger partial charge on any atom is 0.255 e. The van der Waals surface area contributed by atoms with Crippen molar-refractivity contribution < 1.29 is 19.4 Å². The average molecular weight is 324 g/mol. The first-order valence-corrected chi connectivity index (χ1v) is 7.01. The van der Waals surface area contributed by atoms with Gasteiger partial charge in [0.15, 0.2) is 11.5 Å². The molecule has 0 saturated carbocycles. The molecule has 116 valence electrons. The van der Waals surface area contributed by atoms with Crippen molar-refractivity contribution in [3.8, 4) is 11.5 Å². The number of aromatic hydroxyl groups is 2. The van der Waals surface area contributed by atoms with Crippen LogP contribution in [0.25, 0.3) is 0 Å². The molecule has 22 heavy (non-hydrogen) atoms. The van der Waals surface area contributed by atoms with Crippen LogP contribution >= 0.6 is 11.6 Å². The summed E-state index contributed by atoms with van der Waals surface area (Å²) in [5.41, 5.74) is 1.37. The van der Waals surface area contributed by atoms with Gasteiger partial charge in [0, 0.05) is 6.54 Å². The predicted molar refractivity (Wildman–Crippen MR) is 82.0 cm³/mol. The molecule has 0 aliphatic carbocycles. The molecule has 0 saturated heterocycles. The van der Waals surface area contributed by atoms with Crippen LogP contribution in [-0.4, -0.2) is 22.7 Å². The molecular formula is C16H15ClFNO3. The molecule has 0 radical (unpaired) electrons. The lowest BCUT2D eigenvalue weighted by Gasteiger charge is -2.10. The van der Waals surface area contributed by atoms with Gasteiger partial charge in [0.1, 0.15) is 5.82 Å². The van der Waals surface area contributed by atoms with E-state index in [2.05, 4.69) is 5.32 Å². The summed E-state index contributed by atoms with van der Waals surface area (Å²) in [4.78, 5) is 12.0. The van der Waals surface area contributed by atoms with Crippen molar-refractivity contribution in [3.63, 3.8) is 0 Å². The number of carbonyl (C=O) groups excluding carboxylic acids is 1. The van der Waals surface area contributed by atoms with Gasteiger partial charge >= 0.3 is 0 Å². The van der Waals surface area contributed by atoms with Crippen molar-refractivity contribution in [3.05, 3.63) is 57.9 Å². The van der Waals surface area contributed by atoms with Gasteiger partial charge in [-0.3, -0.25) is 4.79 Å². The largest absolute Gasteiger partial charge is 0.504 e. The van der Waals surface area contributed by atoms with Gasteiger partial charge in [-0.2, -0.15) is 0 Å². The number of phenolic OH excluding ortho intramolecular Hbond substituents is 2. The zero-order valence-corrected chi connectivity index (χ0v) is 12.6. The van der Waals surface area contributed by atoms with E-state index in [-0.39, 0.29) is 28.6 Å². The van der Waals surface area contributed by atoms with Crippen LogP contribution in [0.3, 0.4) is 0 Å². The Kier molecular flexibility index (Phi) is 4.88. The zero-order valence-electron chi connectivity index (χ0n) is 11.9. The highest BCUT2D eigenvalue weighted by molar-refractivity contribution is 6.33. The minimum atomic E-state index is -0.677. The summed E-state index contributed by atoms with van der Waals surface area (Å²) < 4.78 is 13.6. The van der Waals surface area contributed by atoms with E-state index in [0.717, 1.165) is 11.1 Å². The van der Waals surface area contributed by atoms with Gasteiger partial charge in [-0.15, -0.1) is 0 Å². The summed E-state index contributed by atoms with van der Waals surface area (Å²) in [5.74, 6) is -1.68. The molecule has 2 rings (SSSR count). The highest BCUT2D eigenvalue weighted by Crippen LogP contribution is 2.28. The fourth-order valence-corrected chi connectivity index (χ4v) is 2.36. The van der Waals surface area contributed by atoms with Crippen molar-refractivity contribution in [1.82, 2.24) is 5.32 Å². The summed E-state index contributed by atoms with van der Waals surface area (Å²) in [6.07, 6.45) is 0.428. The molecule has 0 aromatic heterocycles. The second-order valence-corrected chi connectivity index (χ2v) is 5.28. The molecule has 0 fully saturated rings. The van der Waals surface area contributed by atoms with Crippen LogP contribution in [0.15, 0.2) is 30.3 Å². The Morgan fingerprint density at radius 2 is 1.95 bits per heavy atom. The van der Waals surface area contributed by atoms with Crippen molar-refractivity contribution >= 4 is 17.5 Å². The highest BCUT2D eigenvalue weighted by Gasteiger charge is 2.15. The van der Waals surface area contributed by atoms with Crippen LogP contribution in [0.5, 0.6) is 11.5 Å². The number of carbonyl (C=O) groups is 1. The van der Waals surface area contributed by atoms with E-state index in [1.54, 1.807) is 6.92 Å². The molecule has 0 aliphatic heterocycles. The summed E-state index contributed by atoms with van der Waals surface area (Å²) in [6.45, 7) is 2.03. The topological polar surface area (TPSA) is 69.6 Å². The number of hydrogen-bond donors (Lipinski definition) is 3. The van der Waals surface area contributed by atoms with E-state index >= 15 is 0 Å². The number of halogens is 2. The standard InChI is InChI=1S/C16H15ClFNO3/c1-9-7-13(20)14(21)8-10(9)5-6-19-16(22)15-11(17)3-2-4-12(15)18/h2-4,7-8,20-21H,5-6H2,1H3,(H,19,22). The number of aryl methyl sites for hydroxylation is 1. The number of amides is 1. The first-order chi connectivity index (χ1) is 10.4. The minimum absolute atomic E-state index is 0.0518. The zero-order chi connectivity index (χ0) is 16.3.